The van der Waals surface area contributed by atoms with Gasteiger partial charge in [-0.25, -0.2) is 9.97 Å². The summed E-state index contributed by atoms with van der Waals surface area (Å²) in [5.74, 6) is -0.118. The van der Waals surface area contributed by atoms with E-state index in [4.69, 9.17) is 5.11 Å². The quantitative estimate of drug-likeness (QED) is 0.820. The van der Waals surface area contributed by atoms with E-state index in [1.807, 2.05) is 0 Å². The van der Waals surface area contributed by atoms with Crippen LogP contribution in [0.2, 0.25) is 0 Å². The van der Waals surface area contributed by atoms with E-state index >= 15 is 0 Å². The topological polar surface area (TPSA) is 63.1 Å². The molecule has 1 atom stereocenters. The van der Waals surface area contributed by atoms with Crippen molar-refractivity contribution in [2.24, 2.45) is 5.92 Å². The summed E-state index contributed by atoms with van der Waals surface area (Å²) >= 11 is 0. The van der Waals surface area contributed by atoms with E-state index in [-0.39, 0.29) is 0 Å². The molecule has 4 heteroatoms. The molecule has 1 heterocycles. The first kappa shape index (κ1) is 11.6. The second-order valence-electron chi connectivity index (χ2n) is 4.09. The second kappa shape index (κ2) is 4.87. The molecule has 15 heavy (non-hydrogen) atoms. The highest BCUT2D eigenvalue weighted by Gasteiger charge is 2.14. The summed E-state index contributed by atoms with van der Waals surface area (Å²) in [5.41, 5.74) is 0.648. The minimum atomic E-state index is -0.852. The van der Waals surface area contributed by atoms with E-state index in [2.05, 4.69) is 23.8 Å². The number of rotatable bonds is 4. The van der Waals surface area contributed by atoms with E-state index in [0.29, 0.717) is 11.5 Å². The third-order valence-electron chi connectivity index (χ3n) is 2.19. The standard InChI is InChI=1S/C11H16N2O2/c1-7(2)4-10-12-5-9(6-13-10)8(3)11(14)15/h5-8H,4H2,1-3H3,(H,14,15)/t8-/m1/s1. The monoisotopic (exact) mass is 208 g/mol. The van der Waals surface area contributed by atoms with Crippen molar-refractivity contribution >= 4 is 5.97 Å². The first-order valence-corrected chi connectivity index (χ1v) is 5.04. The molecule has 0 bridgehead atoms. The highest BCUT2D eigenvalue weighted by Crippen LogP contribution is 2.13. The van der Waals surface area contributed by atoms with E-state index in [1.54, 1.807) is 19.3 Å². The fraction of sp³-hybridized carbons (Fsp3) is 0.545. The molecule has 0 fully saturated rings. The van der Waals surface area contributed by atoms with Gasteiger partial charge in [0.1, 0.15) is 5.82 Å². The summed E-state index contributed by atoms with van der Waals surface area (Å²) in [6.07, 6.45) is 4.02. The smallest absolute Gasteiger partial charge is 0.310 e. The third-order valence-corrected chi connectivity index (χ3v) is 2.19. The maximum absolute atomic E-state index is 10.7. The van der Waals surface area contributed by atoms with Crippen molar-refractivity contribution in [3.63, 3.8) is 0 Å². The largest absolute Gasteiger partial charge is 0.481 e. The van der Waals surface area contributed by atoms with Crippen LogP contribution in [0.15, 0.2) is 12.4 Å². The average molecular weight is 208 g/mol. The van der Waals surface area contributed by atoms with E-state index < -0.39 is 11.9 Å². The summed E-state index contributed by atoms with van der Waals surface area (Å²) in [4.78, 5) is 19.0. The molecule has 1 aromatic heterocycles. The Bertz CT molecular complexity index is 333. The lowest BCUT2D eigenvalue weighted by atomic mass is 10.1. The van der Waals surface area contributed by atoms with Gasteiger partial charge in [0.2, 0.25) is 0 Å². The predicted octanol–water partition coefficient (Wildman–Crippen LogP) is 1.86. The van der Waals surface area contributed by atoms with Crippen LogP contribution in [0, 0.1) is 5.92 Å². The van der Waals surface area contributed by atoms with Crippen LogP contribution in [-0.4, -0.2) is 21.0 Å². The van der Waals surface area contributed by atoms with Crippen molar-refractivity contribution in [3.8, 4) is 0 Å². The lowest BCUT2D eigenvalue weighted by Crippen LogP contribution is -2.09. The predicted molar refractivity (Wildman–Crippen MR) is 56.6 cm³/mol. The summed E-state index contributed by atoms with van der Waals surface area (Å²) in [6, 6.07) is 0. The fourth-order valence-corrected chi connectivity index (χ4v) is 1.20. The van der Waals surface area contributed by atoms with Crippen molar-refractivity contribution < 1.29 is 9.90 Å². The molecule has 0 aromatic carbocycles. The third kappa shape index (κ3) is 3.31. The fourth-order valence-electron chi connectivity index (χ4n) is 1.20. The molecule has 1 aromatic rings. The molecule has 0 saturated carbocycles. The first-order valence-electron chi connectivity index (χ1n) is 5.04. The Kier molecular flexibility index (Phi) is 3.77. The maximum Gasteiger partial charge on any atom is 0.310 e. The van der Waals surface area contributed by atoms with Crippen molar-refractivity contribution in [2.75, 3.05) is 0 Å². The molecule has 0 unspecified atom stereocenters. The van der Waals surface area contributed by atoms with Crippen molar-refractivity contribution in [1.82, 2.24) is 9.97 Å². The van der Waals surface area contributed by atoms with Gasteiger partial charge < -0.3 is 5.11 Å². The van der Waals surface area contributed by atoms with Crippen molar-refractivity contribution in [2.45, 2.75) is 33.1 Å². The Hall–Kier alpha value is -1.45. The van der Waals surface area contributed by atoms with Gasteiger partial charge in [0.05, 0.1) is 5.92 Å². The van der Waals surface area contributed by atoms with E-state index in [0.717, 1.165) is 12.2 Å². The minimum Gasteiger partial charge on any atom is -0.481 e. The van der Waals surface area contributed by atoms with Crippen LogP contribution in [0.25, 0.3) is 0 Å². The number of carbonyl (C=O) groups is 1. The van der Waals surface area contributed by atoms with Gasteiger partial charge in [0.15, 0.2) is 0 Å². The molecule has 0 spiro atoms. The Morgan fingerprint density at radius 2 is 1.87 bits per heavy atom. The Morgan fingerprint density at radius 1 is 1.33 bits per heavy atom. The normalized spacial score (nSPS) is 12.8. The molecule has 0 aliphatic carbocycles. The van der Waals surface area contributed by atoms with E-state index in [1.165, 1.54) is 0 Å². The molecule has 0 radical (unpaired) electrons. The van der Waals surface area contributed by atoms with Crippen LogP contribution < -0.4 is 0 Å². The van der Waals surface area contributed by atoms with Gasteiger partial charge in [-0.1, -0.05) is 13.8 Å². The number of hydrogen-bond acceptors (Lipinski definition) is 3. The minimum absolute atomic E-state index is 0.507. The van der Waals surface area contributed by atoms with Crippen LogP contribution in [0.4, 0.5) is 0 Å². The number of aromatic nitrogens is 2. The van der Waals surface area contributed by atoms with Gasteiger partial charge in [-0.2, -0.15) is 0 Å². The summed E-state index contributed by atoms with van der Waals surface area (Å²) in [5, 5.41) is 8.79. The van der Waals surface area contributed by atoms with Gasteiger partial charge in [-0.3, -0.25) is 4.79 Å². The van der Waals surface area contributed by atoms with Crippen LogP contribution in [-0.2, 0) is 11.2 Å². The molecule has 0 aliphatic heterocycles. The van der Waals surface area contributed by atoms with Crippen molar-refractivity contribution in [3.05, 3.63) is 23.8 Å². The Labute approximate surface area is 89.4 Å². The lowest BCUT2D eigenvalue weighted by molar-refractivity contribution is -0.138. The number of carboxylic acid groups (broad SMARTS) is 1. The lowest BCUT2D eigenvalue weighted by Gasteiger charge is -2.07. The molecule has 0 amide bonds. The van der Waals surface area contributed by atoms with Gasteiger partial charge in [0, 0.05) is 24.4 Å². The summed E-state index contributed by atoms with van der Waals surface area (Å²) in [7, 11) is 0. The molecule has 1 N–H and O–H groups in total. The molecule has 4 nitrogen and oxygen atoms in total. The SMILES string of the molecule is CC(C)Cc1ncc([C@@H](C)C(=O)O)cn1. The number of hydrogen-bond donors (Lipinski definition) is 1. The Morgan fingerprint density at radius 3 is 2.27 bits per heavy atom. The van der Waals surface area contributed by atoms with Gasteiger partial charge >= 0.3 is 5.97 Å². The number of nitrogens with zero attached hydrogens (tertiary/aromatic N) is 2. The highest BCUT2D eigenvalue weighted by molar-refractivity contribution is 5.75. The molecular weight excluding hydrogens is 192 g/mol. The van der Waals surface area contributed by atoms with Gasteiger partial charge in [-0.15, -0.1) is 0 Å². The number of aliphatic carboxylic acids is 1. The van der Waals surface area contributed by atoms with Crippen LogP contribution in [0.5, 0.6) is 0 Å². The molecule has 0 aliphatic rings. The zero-order valence-corrected chi connectivity index (χ0v) is 9.27. The van der Waals surface area contributed by atoms with Crippen molar-refractivity contribution in [1.29, 1.82) is 0 Å². The van der Waals surface area contributed by atoms with Crippen LogP contribution in [0.3, 0.4) is 0 Å². The first-order chi connectivity index (χ1) is 7.00. The summed E-state index contributed by atoms with van der Waals surface area (Å²) < 4.78 is 0. The van der Waals surface area contributed by atoms with Crippen LogP contribution >= 0.6 is 0 Å². The maximum atomic E-state index is 10.7. The van der Waals surface area contributed by atoms with E-state index in [9.17, 15) is 4.79 Å². The summed E-state index contributed by atoms with van der Waals surface area (Å²) in [6.45, 7) is 5.82. The highest BCUT2D eigenvalue weighted by atomic mass is 16.4. The average Bonchev–Trinajstić information content (AvgIpc) is 2.17. The Balaban J connectivity index is 2.76. The zero-order valence-electron chi connectivity index (χ0n) is 9.27. The van der Waals surface area contributed by atoms with Gasteiger partial charge in [0.25, 0.3) is 0 Å². The molecule has 0 saturated heterocycles. The second-order valence-corrected chi connectivity index (χ2v) is 4.09. The van der Waals surface area contributed by atoms with Gasteiger partial charge in [-0.05, 0) is 12.8 Å². The molecular formula is C11H16N2O2. The molecule has 82 valence electrons. The number of carboxylic acids is 1. The van der Waals surface area contributed by atoms with Crippen LogP contribution in [0.1, 0.15) is 38.1 Å². The molecule has 1 rings (SSSR count). The zero-order chi connectivity index (χ0) is 11.4.